The molecule has 1 heterocycles. The summed E-state index contributed by atoms with van der Waals surface area (Å²) in [6, 6.07) is -0.735. The van der Waals surface area contributed by atoms with Crippen LogP contribution in [0.1, 0.15) is 25.2 Å². The molecule has 0 aliphatic rings. The highest BCUT2D eigenvalue weighted by Gasteiger charge is 2.14. The number of aromatic amines is 1. The Balaban J connectivity index is 2.24. The first-order valence-electron chi connectivity index (χ1n) is 5.45. The number of nitrogens with one attached hydrogen (secondary N) is 3. The van der Waals surface area contributed by atoms with Gasteiger partial charge >= 0.3 is 12.0 Å². The van der Waals surface area contributed by atoms with Crippen molar-refractivity contribution in [1.82, 2.24) is 20.6 Å². The summed E-state index contributed by atoms with van der Waals surface area (Å²) in [5.74, 6) is -0.683. The quantitative estimate of drug-likeness (QED) is 0.473. The zero-order valence-corrected chi connectivity index (χ0v) is 9.88. The summed E-state index contributed by atoms with van der Waals surface area (Å²) in [4.78, 5) is 28.6. The van der Waals surface area contributed by atoms with E-state index in [2.05, 4.69) is 20.6 Å². The molecule has 18 heavy (non-hydrogen) atoms. The number of rotatable bonds is 6. The molecule has 1 aromatic heterocycles. The summed E-state index contributed by atoms with van der Waals surface area (Å²) in [7, 11) is 0. The largest absolute Gasteiger partial charge is 0.479 e. The van der Waals surface area contributed by atoms with Crippen LogP contribution < -0.4 is 10.6 Å². The Kier molecular flexibility index (Phi) is 5.12. The molecule has 0 bridgehead atoms. The van der Waals surface area contributed by atoms with Gasteiger partial charge < -0.3 is 25.8 Å². The number of amides is 2. The van der Waals surface area contributed by atoms with Crippen LogP contribution in [0.2, 0.25) is 0 Å². The molecule has 0 radical (unpaired) electrons. The molecule has 0 aliphatic carbocycles. The van der Waals surface area contributed by atoms with Crippen LogP contribution in [0.5, 0.6) is 0 Å². The summed E-state index contributed by atoms with van der Waals surface area (Å²) in [6.45, 7) is 1.83. The van der Waals surface area contributed by atoms with E-state index in [1.807, 2.05) is 0 Å². The monoisotopic (exact) mass is 256 g/mol. The first-order chi connectivity index (χ1) is 8.50. The Morgan fingerprint density at radius 1 is 1.56 bits per heavy atom. The highest BCUT2D eigenvalue weighted by Crippen LogP contribution is 2.04. The lowest BCUT2D eigenvalue weighted by Crippen LogP contribution is -2.39. The van der Waals surface area contributed by atoms with Gasteiger partial charge in [-0.15, -0.1) is 0 Å². The fourth-order valence-corrected chi connectivity index (χ4v) is 1.28. The van der Waals surface area contributed by atoms with Gasteiger partial charge in [0.05, 0.1) is 6.04 Å². The zero-order chi connectivity index (χ0) is 13.5. The highest BCUT2D eigenvalue weighted by atomic mass is 16.4. The molecule has 2 atom stereocenters. The first-order valence-corrected chi connectivity index (χ1v) is 5.45. The van der Waals surface area contributed by atoms with Crippen LogP contribution >= 0.6 is 0 Å². The van der Waals surface area contributed by atoms with E-state index in [0.29, 0.717) is 5.82 Å². The third-order valence-corrected chi connectivity index (χ3v) is 2.27. The number of urea groups is 1. The van der Waals surface area contributed by atoms with Gasteiger partial charge in [0, 0.05) is 25.4 Å². The molecule has 8 nitrogen and oxygen atoms in total. The molecule has 5 N–H and O–H groups in total. The van der Waals surface area contributed by atoms with Gasteiger partial charge in [-0.3, -0.25) is 0 Å². The van der Waals surface area contributed by atoms with Gasteiger partial charge in [-0.05, 0) is 6.92 Å². The highest BCUT2D eigenvalue weighted by molar-refractivity contribution is 5.74. The lowest BCUT2D eigenvalue weighted by Gasteiger charge is -2.13. The van der Waals surface area contributed by atoms with Crippen LogP contribution in [0.4, 0.5) is 4.79 Å². The third-order valence-electron chi connectivity index (χ3n) is 2.27. The Morgan fingerprint density at radius 3 is 2.83 bits per heavy atom. The van der Waals surface area contributed by atoms with Crippen molar-refractivity contribution in [3.8, 4) is 0 Å². The first kappa shape index (κ1) is 14.0. The van der Waals surface area contributed by atoms with Crippen LogP contribution in [-0.2, 0) is 4.79 Å². The molecule has 0 aliphatic heterocycles. The molecule has 0 fully saturated rings. The van der Waals surface area contributed by atoms with E-state index in [1.165, 1.54) is 0 Å². The predicted molar refractivity (Wildman–Crippen MR) is 61.8 cm³/mol. The van der Waals surface area contributed by atoms with Crippen LogP contribution in [0, 0.1) is 0 Å². The Labute approximate surface area is 103 Å². The van der Waals surface area contributed by atoms with Gasteiger partial charge in [-0.1, -0.05) is 0 Å². The van der Waals surface area contributed by atoms with E-state index >= 15 is 0 Å². The molecule has 0 spiro atoms. The van der Waals surface area contributed by atoms with Crippen molar-refractivity contribution in [2.45, 2.75) is 25.5 Å². The zero-order valence-electron chi connectivity index (χ0n) is 9.88. The van der Waals surface area contributed by atoms with E-state index in [1.54, 1.807) is 19.3 Å². The van der Waals surface area contributed by atoms with E-state index in [4.69, 9.17) is 10.2 Å². The van der Waals surface area contributed by atoms with Crippen LogP contribution in [-0.4, -0.2) is 44.8 Å². The number of aliphatic hydroxyl groups excluding tert-OH is 1. The minimum Gasteiger partial charge on any atom is -0.479 e. The second-order valence-electron chi connectivity index (χ2n) is 3.74. The molecular weight excluding hydrogens is 240 g/mol. The molecule has 2 amide bonds. The van der Waals surface area contributed by atoms with Crippen molar-refractivity contribution in [3.63, 3.8) is 0 Å². The van der Waals surface area contributed by atoms with Crippen molar-refractivity contribution < 1.29 is 19.8 Å². The summed E-state index contributed by atoms with van der Waals surface area (Å²) >= 11 is 0. The minimum atomic E-state index is -1.47. The summed E-state index contributed by atoms with van der Waals surface area (Å²) in [5.41, 5.74) is 0. The summed E-state index contributed by atoms with van der Waals surface area (Å²) in [6.07, 6.45) is 1.72. The fraction of sp³-hybridized carbons (Fsp3) is 0.500. The SMILES string of the molecule is CC(NC(=O)NCC[C@H](O)C(=O)O)c1ncc[nH]1. The van der Waals surface area contributed by atoms with Gasteiger partial charge in [0.25, 0.3) is 0 Å². The average molecular weight is 256 g/mol. The molecule has 100 valence electrons. The van der Waals surface area contributed by atoms with Gasteiger partial charge in [0.1, 0.15) is 5.82 Å². The number of imidazole rings is 1. The molecule has 8 heteroatoms. The Hall–Kier alpha value is -2.09. The van der Waals surface area contributed by atoms with Crippen molar-refractivity contribution in [3.05, 3.63) is 18.2 Å². The lowest BCUT2D eigenvalue weighted by molar-refractivity contribution is -0.146. The van der Waals surface area contributed by atoms with E-state index in [9.17, 15) is 9.59 Å². The van der Waals surface area contributed by atoms with Gasteiger partial charge in [0.15, 0.2) is 6.10 Å². The maximum atomic E-state index is 11.4. The lowest BCUT2D eigenvalue weighted by atomic mass is 10.2. The Bertz CT molecular complexity index is 393. The smallest absolute Gasteiger partial charge is 0.332 e. The van der Waals surface area contributed by atoms with Crippen molar-refractivity contribution in [2.75, 3.05) is 6.54 Å². The standard InChI is InChI=1S/C10H16N4O4/c1-6(8-11-4-5-12-8)14-10(18)13-3-2-7(15)9(16)17/h4-7,15H,2-3H2,1H3,(H,11,12)(H,16,17)(H2,13,14,18)/t6?,7-/m0/s1. The van der Waals surface area contributed by atoms with Crippen LogP contribution in [0.3, 0.4) is 0 Å². The van der Waals surface area contributed by atoms with E-state index in [-0.39, 0.29) is 19.0 Å². The van der Waals surface area contributed by atoms with E-state index in [0.717, 1.165) is 0 Å². The average Bonchev–Trinajstić information content (AvgIpc) is 2.81. The van der Waals surface area contributed by atoms with Gasteiger partial charge in [-0.2, -0.15) is 0 Å². The number of hydrogen-bond donors (Lipinski definition) is 5. The molecule has 1 rings (SSSR count). The van der Waals surface area contributed by atoms with Crippen LogP contribution in [0.25, 0.3) is 0 Å². The molecule has 0 saturated heterocycles. The van der Waals surface area contributed by atoms with Crippen molar-refractivity contribution >= 4 is 12.0 Å². The van der Waals surface area contributed by atoms with Crippen LogP contribution in [0.15, 0.2) is 12.4 Å². The number of carboxylic acid groups (broad SMARTS) is 1. The van der Waals surface area contributed by atoms with Gasteiger partial charge in [-0.25, -0.2) is 14.6 Å². The second kappa shape index (κ2) is 6.60. The predicted octanol–water partition coefficient (Wildman–Crippen LogP) is -0.394. The maximum absolute atomic E-state index is 11.4. The number of carboxylic acids is 1. The number of aliphatic carboxylic acids is 1. The van der Waals surface area contributed by atoms with E-state index < -0.39 is 18.1 Å². The number of aliphatic hydroxyl groups is 1. The number of carbonyl (C=O) groups is 2. The topological polar surface area (TPSA) is 127 Å². The number of carbonyl (C=O) groups excluding carboxylic acids is 1. The fourth-order valence-electron chi connectivity index (χ4n) is 1.28. The molecule has 1 aromatic rings. The summed E-state index contributed by atoms with van der Waals surface area (Å²) in [5, 5.41) is 22.5. The second-order valence-corrected chi connectivity index (χ2v) is 3.74. The number of hydrogen-bond acceptors (Lipinski definition) is 4. The van der Waals surface area contributed by atoms with Crippen molar-refractivity contribution in [1.29, 1.82) is 0 Å². The minimum absolute atomic E-state index is 0.0438. The van der Waals surface area contributed by atoms with Crippen molar-refractivity contribution in [2.24, 2.45) is 0 Å². The number of nitrogens with zero attached hydrogens (tertiary/aromatic N) is 1. The third kappa shape index (κ3) is 4.42. The van der Waals surface area contributed by atoms with Gasteiger partial charge in [0.2, 0.25) is 0 Å². The Morgan fingerprint density at radius 2 is 2.28 bits per heavy atom. The molecule has 0 saturated carbocycles. The number of aromatic nitrogens is 2. The molecule has 0 aromatic carbocycles. The normalized spacial score (nSPS) is 13.7. The molecule has 1 unspecified atom stereocenters. The number of H-pyrrole nitrogens is 1. The maximum Gasteiger partial charge on any atom is 0.332 e. The molecular formula is C10H16N4O4. The summed E-state index contributed by atoms with van der Waals surface area (Å²) < 4.78 is 0.